The van der Waals surface area contributed by atoms with Crippen molar-refractivity contribution >= 4 is 5.91 Å². The number of benzene rings is 1. The van der Waals surface area contributed by atoms with Gasteiger partial charge in [0, 0.05) is 6.54 Å². The normalized spacial score (nSPS) is 28.3. The van der Waals surface area contributed by atoms with E-state index in [1.54, 1.807) is 11.0 Å². The van der Waals surface area contributed by atoms with Gasteiger partial charge in [0.2, 0.25) is 6.10 Å². The second-order valence-corrected chi connectivity index (χ2v) is 5.34. The van der Waals surface area contributed by atoms with Gasteiger partial charge in [0.25, 0.3) is 5.91 Å². The Morgan fingerprint density at radius 2 is 2.10 bits per heavy atom. The molecule has 0 aliphatic carbocycles. The van der Waals surface area contributed by atoms with E-state index < -0.39 is 6.10 Å². The SMILES string of the molecule is CC1COC(CO)CN1C(=O)C1COc2ccccc2O1. The van der Waals surface area contributed by atoms with Gasteiger partial charge >= 0.3 is 0 Å². The van der Waals surface area contributed by atoms with E-state index in [9.17, 15) is 9.90 Å². The van der Waals surface area contributed by atoms with Gasteiger partial charge in [-0.15, -0.1) is 0 Å². The Morgan fingerprint density at radius 3 is 2.86 bits per heavy atom. The molecule has 2 aliphatic heterocycles. The molecule has 0 radical (unpaired) electrons. The lowest BCUT2D eigenvalue weighted by Crippen LogP contribution is -2.57. The van der Waals surface area contributed by atoms with Crippen LogP contribution in [0.3, 0.4) is 0 Å². The van der Waals surface area contributed by atoms with E-state index in [0.717, 1.165) is 0 Å². The molecule has 2 heterocycles. The Kier molecular flexibility index (Phi) is 3.98. The van der Waals surface area contributed by atoms with Gasteiger partial charge in [-0.2, -0.15) is 0 Å². The number of para-hydroxylation sites is 2. The molecule has 114 valence electrons. The highest BCUT2D eigenvalue weighted by atomic mass is 16.6. The topological polar surface area (TPSA) is 68.2 Å². The molecule has 6 heteroatoms. The molecule has 3 unspecified atom stereocenters. The van der Waals surface area contributed by atoms with Crippen molar-refractivity contribution in [3.63, 3.8) is 0 Å². The number of fused-ring (bicyclic) bond motifs is 1. The van der Waals surface area contributed by atoms with Crippen LogP contribution in [0.25, 0.3) is 0 Å². The minimum atomic E-state index is -0.653. The van der Waals surface area contributed by atoms with Crippen molar-refractivity contribution < 1.29 is 24.1 Å². The number of rotatable bonds is 2. The van der Waals surface area contributed by atoms with Crippen molar-refractivity contribution in [2.75, 3.05) is 26.4 Å². The largest absolute Gasteiger partial charge is 0.485 e. The molecule has 1 fully saturated rings. The van der Waals surface area contributed by atoms with Crippen molar-refractivity contribution in [2.45, 2.75) is 25.2 Å². The lowest BCUT2D eigenvalue weighted by atomic mass is 10.1. The smallest absolute Gasteiger partial charge is 0.267 e. The van der Waals surface area contributed by atoms with Crippen molar-refractivity contribution in [3.8, 4) is 11.5 Å². The van der Waals surface area contributed by atoms with Crippen LogP contribution in [0.1, 0.15) is 6.92 Å². The minimum absolute atomic E-state index is 0.0407. The summed E-state index contributed by atoms with van der Waals surface area (Å²) in [6.45, 7) is 2.81. The molecule has 1 saturated heterocycles. The molecule has 3 rings (SSSR count). The van der Waals surface area contributed by atoms with Gasteiger partial charge in [0.1, 0.15) is 6.61 Å². The molecule has 1 aromatic carbocycles. The van der Waals surface area contributed by atoms with Gasteiger partial charge in [0.15, 0.2) is 11.5 Å². The fourth-order valence-electron chi connectivity index (χ4n) is 2.56. The number of aliphatic hydroxyl groups excluding tert-OH is 1. The van der Waals surface area contributed by atoms with Crippen LogP contribution in [0.4, 0.5) is 0 Å². The summed E-state index contributed by atoms with van der Waals surface area (Å²) >= 11 is 0. The molecule has 0 spiro atoms. The number of hydrogen-bond donors (Lipinski definition) is 1. The molecule has 6 nitrogen and oxygen atoms in total. The molecule has 21 heavy (non-hydrogen) atoms. The Bertz CT molecular complexity index is 521. The number of carbonyl (C=O) groups excluding carboxylic acids is 1. The third-order valence-corrected chi connectivity index (χ3v) is 3.78. The van der Waals surface area contributed by atoms with E-state index >= 15 is 0 Å². The van der Waals surface area contributed by atoms with Crippen LogP contribution in [0.5, 0.6) is 11.5 Å². The summed E-state index contributed by atoms with van der Waals surface area (Å²) in [5.74, 6) is 1.12. The zero-order valence-corrected chi connectivity index (χ0v) is 11.9. The summed E-state index contributed by atoms with van der Waals surface area (Å²) in [6.07, 6.45) is -0.985. The maximum absolute atomic E-state index is 12.6. The zero-order valence-electron chi connectivity index (χ0n) is 11.9. The Balaban J connectivity index is 1.71. The maximum atomic E-state index is 12.6. The van der Waals surface area contributed by atoms with Crippen LogP contribution in [-0.4, -0.2) is 60.5 Å². The fraction of sp³-hybridized carbons (Fsp3) is 0.533. The molecule has 2 aliphatic rings. The van der Waals surface area contributed by atoms with Crippen molar-refractivity contribution in [1.29, 1.82) is 0 Å². The summed E-state index contributed by atoms with van der Waals surface area (Å²) in [7, 11) is 0. The molecule has 1 N–H and O–H groups in total. The lowest BCUT2D eigenvalue weighted by molar-refractivity contribution is -0.155. The average molecular weight is 293 g/mol. The van der Waals surface area contributed by atoms with Gasteiger partial charge in [-0.05, 0) is 19.1 Å². The summed E-state index contributed by atoms with van der Waals surface area (Å²) in [5.41, 5.74) is 0. The van der Waals surface area contributed by atoms with Crippen LogP contribution in [0.2, 0.25) is 0 Å². The van der Waals surface area contributed by atoms with Crippen LogP contribution >= 0.6 is 0 Å². The molecule has 0 aromatic heterocycles. The molecular weight excluding hydrogens is 274 g/mol. The summed E-state index contributed by atoms with van der Waals surface area (Å²) in [5, 5.41) is 9.20. The summed E-state index contributed by atoms with van der Waals surface area (Å²) < 4.78 is 16.8. The number of morpholine rings is 1. The summed E-state index contributed by atoms with van der Waals surface area (Å²) in [4.78, 5) is 14.3. The van der Waals surface area contributed by atoms with Crippen molar-refractivity contribution in [3.05, 3.63) is 24.3 Å². The van der Waals surface area contributed by atoms with Crippen LogP contribution in [-0.2, 0) is 9.53 Å². The Hall–Kier alpha value is -1.79. The number of aliphatic hydroxyl groups is 1. The molecule has 1 amide bonds. The van der Waals surface area contributed by atoms with Gasteiger partial charge < -0.3 is 24.2 Å². The van der Waals surface area contributed by atoms with Crippen LogP contribution < -0.4 is 9.47 Å². The number of ether oxygens (including phenoxy) is 3. The predicted octanol–water partition coefficient (Wildman–Crippen LogP) is 0.435. The molecule has 0 saturated carbocycles. The highest BCUT2D eigenvalue weighted by molar-refractivity contribution is 5.82. The Labute approximate surface area is 123 Å². The van der Waals surface area contributed by atoms with Gasteiger partial charge in [-0.1, -0.05) is 12.1 Å². The van der Waals surface area contributed by atoms with Gasteiger partial charge in [-0.25, -0.2) is 0 Å². The fourth-order valence-corrected chi connectivity index (χ4v) is 2.56. The molecule has 3 atom stereocenters. The van der Waals surface area contributed by atoms with Crippen molar-refractivity contribution in [1.82, 2.24) is 4.90 Å². The standard InChI is InChI=1S/C15H19NO5/c1-10-8-19-11(7-17)6-16(10)15(18)14-9-20-12-4-2-3-5-13(12)21-14/h2-5,10-11,14,17H,6-9H2,1H3. The van der Waals surface area contributed by atoms with E-state index in [1.807, 2.05) is 25.1 Å². The number of amides is 1. The molecule has 0 bridgehead atoms. The first-order chi connectivity index (χ1) is 10.2. The van der Waals surface area contributed by atoms with E-state index in [2.05, 4.69) is 0 Å². The van der Waals surface area contributed by atoms with Gasteiger partial charge in [-0.3, -0.25) is 4.79 Å². The number of nitrogens with zero attached hydrogens (tertiary/aromatic N) is 1. The highest BCUT2D eigenvalue weighted by Crippen LogP contribution is 2.31. The van der Waals surface area contributed by atoms with Crippen LogP contribution in [0.15, 0.2) is 24.3 Å². The Morgan fingerprint density at radius 1 is 1.33 bits per heavy atom. The lowest BCUT2D eigenvalue weighted by Gasteiger charge is -2.39. The maximum Gasteiger partial charge on any atom is 0.267 e. The zero-order chi connectivity index (χ0) is 14.8. The number of carbonyl (C=O) groups is 1. The van der Waals surface area contributed by atoms with Gasteiger partial charge in [0.05, 0.1) is 25.4 Å². The van der Waals surface area contributed by atoms with Crippen molar-refractivity contribution in [2.24, 2.45) is 0 Å². The second kappa shape index (κ2) is 5.91. The first-order valence-corrected chi connectivity index (χ1v) is 7.10. The van der Waals surface area contributed by atoms with Crippen LogP contribution in [0, 0.1) is 0 Å². The first kappa shape index (κ1) is 14.2. The van der Waals surface area contributed by atoms with E-state index in [0.29, 0.717) is 24.7 Å². The van der Waals surface area contributed by atoms with E-state index in [1.165, 1.54) is 0 Å². The summed E-state index contributed by atoms with van der Waals surface area (Å²) in [6, 6.07) is 7.26. The quantitative estimate of drug-likeness (QED) is 0.856. The monoisotopic (exact) mass is 293 g/mol. The minimum Gasteiger partial charge on any atom is -0.485 e. The highest BCUT2D eigenvalue weighted by Gasteiger charge is 2.36. The third kappa shape index (κ3) is 2.82. The first-order valence-electron chi connectivity index (χ1n) is 7.10. The third-order valence-electron chi connectivity index (χ3n) is 3.78. The second-order valence-electron chi connectivity index (χ2n) is 5.34. The predicted molar refractivity (Wildman–Crippen MR) is 74.4 cm³/mol. The van der Waals surface area contributed by atoms with E-state index in [-0.39, 0.29) is 31.3 Å². The molecular formula is C15H19NO5. The average Bonchev–Trinajstić information content (AvgIpc) is 2.54. The number of hydrogen-bond acceptors (Lipinski definition) is 5. The molecule has 1 aromatic rings. The van der Waals surface area contributed by atoms with E-state index in [4.69, 9.17) is 14.2 Å².